The van der Waals surface area contributed by atoms with Crippen LogP contribution in [0.3, 0.4) is 0 Å². The molecule has 0 amide bonds. The van der Waals surface area contributed by atoms with Crippen LogP contribution in [0.25, 0.3) is 33.7 Å². The molecule has 0 saturated heterocycles. The third-order valence-corrected chi connectivity index (χ3v) is 4.48. The van der Waals surface area contributed by atoms with Crippen molar-refractivity contribution < 1.29 is 4.39 Å². The highest BCUT2D eigenvalue weighted by Crippen LogP contribution is 2.25. The van der Waals surface area contributed by atoms with Gasteiger partial charge >= 0.3 is 0 Å². The van der Waals surface area contributed by atoms with Crippen molar-refractivity contribution in [2.24, 2.45) is 0 Å². The smallest absolute Gasteiger partial charge is 0.138 e. The molecule has 2 N–H and O–H groups in total. The van der Waals surface area contributed by atoms with Gasteiger partial charge in [-0.05, 0) is 54.6 Å². The van der Waals surface area contributed by atoms with Gasteiger partial charge in [0.05, 0.1) is 16.7 Å². The van der Waals surface area contributed by atoms with Crippen LogP contribution in [0, 0.1) is 5.82 Å². The third-order valence-electron chi connectivity index (χ3n) is 4.48. The topological polar surface area (TPSA) is 79.4 Å². The predicted molar refractivity (Wildman–Crippen MR) is 110 cm³/mol. The van der Waals surface area contributed by atoms with Crippen LogP contribution in [0.2, 0.25) is 0 Å². The van der Waals surface area contributed by atoms with E-state index in [4.69, 9.17) is 0 Å². The number of nitrogens with zero attached hydrogens (tertiary/aromatic N) is 4. The molecule has 0 unspecified atom stereocenters. The molecular weight excluding hydrogens is 367 g/mol. The minimum absolute atomic E-state index is 0.292. The van der Waals surface area contributed by atoms with Crippen molar-refractivity contribution in [3.8, 4) is 22.6 Å². The zero-order valence-corrected chi connectivity index (χ0v) is 15.2. The molecule has 6 nitrogen and oxygen atoms in total. The number of nitrogens with one attached hydrogen (secondary N) is 2. The normalized spacial score (nSPS) is 10.9. The molecule has 0 aliphatic rings. The Labute approximate surface area is 165 Å². The Morgan fingerprint density at radius 2 is 1.86 bits per heavy atom. The van der Waals surface area contributed by atoms with Gasteiger partial charge in [-0.2, -0.15) is 10.2 Å². The van der Waals surface area contributed by atoms with Crippen LogP contribution >= 0.6 is 0 Å². The van der Waals surface area contributed by atoms with Crippen molar-refractivity contribution in [3.63, 3.8) is 0 Å². The number of hydrogen-bond acceptors (Lipinski definition) is 5. The largest absolute Gasteiger partial charge is 0.340 e. The summed E-state index contributed by atoms with van der Waals surface area (Å²) in [4.78, 5) is 12.2. The Hall–Kier alpha value is -4.13. The van der Waals surface area contributed by atoms with Gasteiger partial charge in [-0.25, -0.2) is 14.4 Å². The number of imidazole rings is 1. The summed E-state index contributed by atoms with van der Waals surface area (Å²) in [5.74, 6) is 1.10. The number of halogens is 1. The van der Waals surface area contributed by atoms with Crippen LogP contribution in [0.4, 0.5) is 15.9 Å². The fourth-order valence-corrected chi connectivity index (χ4v) is 3.09. The summed E-state index contributed by atoms with van der Waals surface area (Å²) < 4.78 is 13.4. The number of anilines is 2. The number of pyridine rings is 1. The second-order valence-electron chi connectivity index (χ2n) is 6.49. The average Bonchev–Trinajstić information content (AvgIpc) is 3.18. The number of rotatable bonds is 4. The number of fused-ring (bicyclic) bond motifs is 1. The Balaban J connectivity index is 1.39. The molecule has 0 spiro atoms. The zero-order chi connectivity index (χ0) is 19.6. The SMILES string of the molecule is Fc1ccc2nc(-c3cccc(Nc4ccc(-c5cccnn5)cn4)c3)[nH]c2c1. The lowest BCUT2D eigenvalue weighted by Crippen LogP contribution is -1.94. The minimum atomic E-state index is -0.292. The molecule has 3 heterocycles. The Kier molecular flexibility index (Phi) is 4.18. The van der Waals surface area contributed by atoms with Crippen molar-refractivity contribution >= 4 is 22.5 Å². The molecule has 0 fully saturated rings. The van der Waals surface area contributed by atoms with Gasteiger partial charge in [0.2, 0.25) is 0 Å². The highest BCUT2D eigenvalue weighted by atomic mass is 19.1. The molecule has 0 bridgehead atoms. The van der Waals surface area contributed by atoms with Gasteiger partial charge in [-0.3, -0.25) is 0 Å². The van der Waals surface area contributed by atoms with E-state index in [1.165, 1.54) is 12.1 Å². The molecule has 0 radical (unpaired) electrons. The van der Waals surface area contributed by atoms with E-state index >= 15 is 0 Å². The van der Waals surface area contributed by atoms with E-state index in [9.17, 15) is 4.39 Å². The van der Waals surface area contributed by atoms with Crippen LogP contribution in [0.5, 0.6) is 0 Å². The van der Waals surface area contributed by atoms with Gasteiger partial charge in [0, 0.05) is 29.2 Å². The molecule has 5 aromatic rings. The van der Waals surface area contributed by atoms with Crippen LogP contribution < -0.4 is 5.32 Å². The molecule has 140 valence electrons. The van der Waals surface area contributed by atoms with Crippen molar-refractivity contribution in [2.75, 3.05) is 5.32 Å². The summed E-state index contributed by atoms with van der Waals surface area (Å²) in [6, 6.07) is 19.9. The maximum Gasteiger partial charge on any atom is 0.138 e. The Bertz CT molecular complexity index is 1280. The van der Waals surface area contributed by atoms with Crippen LogP contribution in [-0.2, 0) is 0 Å². The first-order chi connectivity index (χ1) is 14.2. The average molecular weight is 382 g/mol. The van der Waals surface area contributed by atoms with Crippen molar-refractivity contribution in [1.82, 2.24) is 25.1 Å². The summed E-state index contributed by atoms with van der Waals surface area (Å²) >= 11 is 0. The second-order valence-corrected chi connectivity index (χ2v) is 6.49. The van der Waals surface area contributed by atoms with Gasteiger partial charge in [-0.1, -0.05) is 12.1 Å². The number of aromatic amines is 1. The van der Waals surface area contributed by atoms with E-state index in [2.05, 4.69) is 30.5 Å². The first-order valence-electron chi connectivity index (χ1n) is 9.01. The van der Waals surface area contributed by atoms with Crippen LogP contribution in [-0.4, -0.2) is 25.1 Å². The number of H-pyrrole nitrogens is 1. The summed E-state index contributed by atoms with van der Waals surface area (Å²) in [5, 5.41) is 11.3. The summed E-state index contributed by atoms with van der Waals surface area (Å²) in [6.07, 6.45) is 3.39. The first-order valence-corrected chi connectivity index (χ1v) is 9.01. The molecule has 7 heteroatoms. The molecule has 0 aliphatic carbocycles. The summed E-state index contributed by atoms with van der Waals surface area (Å²) in [6.45, 7) is 0. The molecule has 29 heavy (non-hydrogen) atoms. The fourth-order valence-electron chi connectivity index (χ4n) is 3.09. The summed E-state index contributed by atoms with van der Waals surface area (Å²) in [5.41, 5.74) is 4.82. The number of hydrogen-bond donors (Lipinski definition) is 2. The fraction of sp³-hybridized carbons (Fsp3) is 0. The van der Waals surface area contributed by atoms with Gasteiger partial charge in [0.15, 0.2) is 0 Å². The van der Waals surface area contributed by atoms with Crippen molar-refractivity contribution in [1.29, 1.82) is 0 Å². The standard InChI is InChI=1S/C22H15FN6/c23-16-7-8-19-20(12-16)28-22(27-19)14-3-1-4-17(11-14)26-21-9-6-15(13-24-21)18-5-2-10-25-29-18/h1-13H,(H,24,26)(H,27,28). The maximum absolute atomic E-state index is 13.4. The third kappa shape index (κ3) is 3.53. The van der Waals surface area contributed by atoms with E-state index in [0.717, 1.165) is 28.0 Å². The first kappa shape index (κ1) is 17.0. The lowest BCUT2D eigenvalue weighted by Gasteiger charge is -2.07. The predicted octanol–water partition coefficient (Wildman–Crippen LogP) is 4.96. The van der Waals surface area contributed by atoms with E-state index in [1.807, 2.05) is 48.5 Å². The monoisotopic (exact) mass is 382 g/mol. The van der Waals surface area contributed by atoms with Crippen LogP contribution in [0.1, 0.15) is 0 Å². The van der Waals surface area contributed by atoms with E-state index < -0.39 is 0 Å². The minimum Gasteiger partial charge on any atom is -0.340 e. The molecule has 3 aromatic heterocycles. The quantitative estimate of drug-likeness (QED) is 0.459. The van der Waals surface area contributed by atoms with Crippen molar-refractivity contribution in [3.05, 3.63) is 84.9 Å². The zero-order valence-electron chi connectivity index (χ0n) is 15.2. The van der Waals surface area contributed by atoms with Gasteiger partial charge in [0.25, 0.3) is 0 Å². The molecule has 0 atom stereocenters. The van der Waals surface area contributed by atoms with E-state index in [-0.39, 0.29) is 5.82 Å². The molecular formula is C22H15FN6. The molecule has 2 aromatic carbocycles. The molecule has 0 saturated carbocycles. The molecule has 5 rings (SSSR count). The Morgan fingerprint density at radius 1 is 0.897 bits per heavy atom. The second kappa shape index (κ2) is 7.12. The highest BCUT2D eigenvalue weighted by Gasteiger charge is 2.07. The van der Waals surface area contributed by atoms with Crippen LogP contribution in [0.15, 0.2) is 79.1 Å². The van der Waals surface area contributed by atoms with Gasteiger partial charge < -0.3 is 10.3 Å². The Morgan fingerprint density at radius 3 is 2.69 bits per heavy atom. The van der Waals surface area contributed by atoms with E-state index in [1.54, 1.807) is 18.5 Å². The number of benzene rings is 2. The van der Waals surface area contributed by atoms with Gasteiger partial charge in [0.1, 0.15) is 17.5 Å². The lowest BCUT2D eigenvalue weighted by atomic mass is 10.2. The number of aromatic nitrogens is 5. The maximum atomic E-state index is 13.4. The van der Waals surface area contributed by atoms with E-state index in [0.29, 0.717) is 17.2 Å². The molecule has 0 aliphatic heterocycles. The van der Waals surface area contributed by atoms with Gasteiger partial charge in [-0.15, -0.1) is 0 Å². The lowest BCUT2D eigenvalue weighted by molar-refractivity contribution is 0.629. The highest BCUT2D eigenvalue weighted by molar-refractivity contribution is 5.80. The van der Waals surface area contributed by atoms with Crippen molar-refractivity contribution in [2.45, 2.75) is 0 Å². The summed E-state index contributed by atoms with van der Waals surface area (Å²) in [7, 11) is 0.